The molecular weight excluding hydrogens is 651 g/mol. The number of aryl methyl sites for hydroxylation is 2. The van der Waals surface area contributed by atoms with E-state index in [1.54, 1.807) is 58.2 Å². The lowest BCUT2D eigenvalue weighted by Crippen LogP contribution is -2.55. The third-order valence-electron chi connectivity index (χ3n) is 7.97. The van der Waals surface area contributed by atoms with Gasteiger partial charge in [0.1, 0.15) is 29.3 Å². The van der Waals surface area contributed by atoms with E-state index in [0.29, 0.717) is 24.2 Å². The second-order valence-corrected chi connectivity index (χ2v) is 16.0. The molecule has 0 aliphatic rings. The van der Waals surface area contributed by atoms with Gasteiger partial charge in [0.05, 0.1) is 0 Å². The van der Waals surface area contributed by atoms with Gasteiger partial charge >= 0.3 is 12.1 Å². The van der Waals surface area contributed by atoms with E-state index in [2.05, 4.69) is 17.6 Å². The molecule has 0 aliphatic heterocycles. The third kappa shape index (κ3) is 15.2. The molecule has 9 nitrogen and oxygen atoms in total. The maximum atomic E-state index is 14.8. The first-order valence-corrected chi connectivity index (χ1v) is 19.3. The molecule has 0 aromatic heterocycles. The van der Waals surface area contributed by atoms with Gasteiger partial charge in [0.15, 0.2) is 0 Å². The zero-order chi connectivity index (χ0) is 37.5. The van der Waals surface area contributed by atoms with E-state index in [-0.39, 0.29) is 18.9 Å². The second-order valence-electron chi connectivity index (χ2n) is 15.0. The van der Waals surface area contributed by atoms with E-state index in [4.69, 9.17) is 9.47 Å². The summed E-state index contributed by atoms with van der Waals surface area (Å²) in [6.07, 6.45) is 6.50. The van der Waals surface area contributed by atoms with Crippen LogP contribution in [0.4, 0.5) is 4.79 Å². The molecule has 0 saturated heterocycles. The average molecular weight is 712 g/mol. The smallest absolute Gasteiger partial charge is 0.408 e. The average Bonchev–Trinajstić information content (AvgIpc) is 3.02. The Kier molecular flexibility index (Phi) is 17.4. The maximum Gasteiger partial charge on any atom is 0.408 e. The van der Waals surface area contributed by atoms with Crippen LogP contribution in [-0.2, 0) is 30.3 Å². The van der Waals surface area contributed by atoms with Gasteiger partial charge in [-0.05, 0) is 96.9 Å². The van der Waals surface area contributed by atoms with Crippen molar-refractivity contribution in [2.75, 3.05) is 18.6 Å². The van der Waals surface area contributed by atoms with E-state index in [9.17, 15) is 19.2 Å². The van der Waals surface area contributed by atoms with Crippen molar-refractivity contribution in [3.63, 3.8) is 0 Å². The largest absolute Gasteiger partial charge is 0.458 e. The van der Waals surface area contributed by atoms with Gasteiger partial charge < -0.3 is 25.0 Å². The van der Waals surface area contributed by atoms with Crippen molar-refractivity contribution in [3.8, 4) is 0 Å². The van der Waals surface area contributed by atoms with Crippen LogP contribution in [0.2, 0.25) is 0 Å². The summed E-state index contributed by atoms with van der Waals surface area (Å²) >= 11 is 1.57. The van der Waals surface area contributed by atoms with Gasteiger partial charge in [0.25, 0.3) is 0 Å². The highest BCUT2D eigenvalue weighted by Crippen LogP contribution is 2.28. The highest BCUT2D eigenvalue weighted by Gasteiger charge is 2.38. The number of amides is 3. The molecule has 278 valence electrons. The lowest BCUT2D eigenvalue weighted by atomic mass is 9.95. The second kappa shape index (κ2) is 20.4. The SMILES string of the molecule is CCCCCCCN(C(=O)C(CCSC)NC(=O)OC(C)(C)C)C(C(=O)NC(Cc1ccccc1)C(=O)OC(C)(C)C)c1cc(C)ccc1C. The van der Waals surface area contributed by atoms with Gasteiger partial charge in [-0.1, -0.05) is 86.7 Å². The van der Waals surface area contributed by atoms with Gasteiger partial charge in [-0.25, -0.2) is 9.59 Å². The van der Waals surface area contributed by atoms with Crippen LogP contribution in [0, 0.1) is 13.8 Å². The summed E-state index contributed by atoms with van der Waals surface area (Å²) in [6.45, 7) is 17.0. The van der Waals surface area contributed by atoms with Crippen molar-refractivity contribution in [1.29, 1.82) is 0 Å². The summed E-state index contributed by atoms with van der Waals surface area (Å²) in [6, 6.07) is 12.3. The summed E-state index contributed by atoms with van der Waals surface area (Å²) in [5.74, 6) is -0.822. The van der Waals surface area contributed by atoms with E-state index in [1.165, 1.54) is 0 Å². The molecule has 0 saturated carbocycles. The zero-order valence-corrected chi connectivity index (χ0v) is 32.8. The fourth-order valence-electron chi connectivity index (χ4n) is 5.57. The number of hydrogen-bond acceptors (Lipinski definition) is 7. The van der Waals surface area contributed by atoms with E-state index in [0.717, 1.165) is 42.4 Å². The fourth-order valence-corrected chi connectivity index (χ4v) is 6.04. The molecule has 3 unspecified atom stereocenters. The van der Waals surface area contributed by atoms with E-state index < -0.39 is 47.3 Å². The van der Waals surface area contributed by atoms with Gasteiger partial charge in [0, 0.05) is 13.0 Å². The van der Waals surface area contributed by atoms with Crippen molar-refractivity contribution < 1.29 is 28.7 Å². The van der Waals surface area contributed by atoms with Crippen LogP contribution in [0.25, 0.3) is 0 Å². The number of unbranched alkanes of at least 4 members (excludes halogenated alkanes) is 4. The Hall–Kier alpha value is -3.53. The zero-order valence-electron chi connectivity index (χ0n) is 32.0. The molecular formula is C40H61N3O6S. The van der Waals surface area contributed by atoms with Crippen molar-refractivity contribution >= 4 is 35.6 Å². The molecule has 0 bridgehead atoms. The van der Waals surface area contributed by atoms with Crippen LogP contribution >= 0.6 is 11.8 Å². The standard InChI is InChI=1S/C40H61N3O6S/c1-11-12-13-14-18-24-43(36(45)32(23-25-50-10)42-38(47)49-40(7,8)9)34(31-26-28(2)21-22-29(31)3)35(44)41-33(37(46)48-39(4,5)6)27-30-19-16-15-17-20-30/h15-17,19-22,26,32-34H,11-14,18,23-25,27H2,1-10H3,(H,41,44)(H,42,47). The molecule has 50 heavy (non-hydrogen) atoms. The minimum atomic E-state index is -1.08. The highest BCUT2D eigenvalue weighted by atomic mass is 32.2. The number of nitrogens with zero attached hydrogens (tertiary/aromatic N) is 1. The van der Waals surface area contributed by atoms with Crippen molar-refractivity contribution in [2.45, 2.75) is 137 Å². The Morgan fingerprint density at radius 1 is 0.820 bits per heavy atom. The summed E-state index contributed by atoms with van der Waals surface area (Å²) < 4.78 is 11.3. The van der Waals surface area contributed by atoms with E-state index >= 15 is 0 Å². The number of hydrogen-bond donors (Lipinski definition) is 2. The topological polar surface area (TPSA) is 114 Å². The minimum Gasteiger partial charge on any atom is -0.458 e. The fraction of sp³-hybridized carbons (Fsp3) is 0.600. The van der Waals surface area contributed by atoms with Crippen LogP contribution in [-0.4, -0.2) is 70.6 Å². The third-order valence-corrected chi connectivity index (χ3v) is 8.61. The number of rotatable bonds is 18. The minimum absolute atomic E-state index is 0.211. The summed E-state index contributed by atoms with van der Waals surface area (Å²) in [5, 5.41) is 5.83. The lowest BCUT2D eigenvalue weighted by molar-refractivity contribution is -0.159. The molecule has 2 aromatic rings. The molecule has 0 fully saturated rings. The number of carbonyl (C=O) groups excluding carboxylic acids is 4. The molecule has 3 atom stereocenters. The number of carbonyl (C=O) groups is 4. The molecule has 3 amide bonds. The van der Waals surface area contributed by atoms with Gasteiger partial charge in [-0.2, -0.15) is 11.8 Å². The van der Waals surface area contributed by atoms with Crippen molar-refractivity contribution in [2.24, 2.45) is 0 Å². The van der Waals surface area contributed by atoms with Gasteiger partial charge in [-0.15, -0.1) is 0 Å². The van der Waals surface area contributed by atoms with Crippen LogP contribution in [0.1, 0.15) is 115 Å². The quantitative estimate of drug-likeness (QED) is 0.120. The molecule has 0 aliphatic carbocycles. The lowest BCUT2D eigenvalue weighted by Gasteiger charge is -2.36. The number of thioether (sulfide) groups is 1. The predicted octanol–water partition coefficient (Wildman–Crippen LogP) is 7.86. The number of alkyl carbamates (subject to hydrolysis) is 1. The molecule has 2 N–H and O–H groups in total. The van der Waals surface area contributed by atoms with Gasteiger partial charge in [-0.3, -0.25) is 9.59 Å². The van der Waals surface area contributed by atoms with Crippen molar-refractivity contribution in [1.82, 2.24) is 15.5 Å². The van der Waals surface area contributed by atoms with E-state index in [1.807, 2.05) is 68.6 Å². The molecule has 2 aromatic carbocycles. The van der Waals surface area contributed by atoms with Crippen LogP contribution in [0.5, 0.6) is 0 Å². The number of benzene rings is 2. The van der Waals surface area contributed by atoms with Crippen LogP contribution in [0.3, 0.4) is 0 Å². The monoisotopic (exact) mass is 711 g/mol. The first kappa shape index (κ1) is 42.6. The first-order chi connectivity index (χ1) is 23.5. The summed E-state index contributed by atoms with van der Waals surface area (Å²) in [4.78, 5) is 57.8. The van der Waals surface area contributed by atoms with Crippen molar-refractivity contribution in [3.05, 3.63) is 70.8 Å². The molecule has 0 radical (unpaired) electrons. The predicted molar refractivity (Wildman–Crippen MR) is 203 cm³/mol. The number of nitrogens with one attached hydrogen (secondary N) is 2. The Balaban J connectivity index is 2.68. The van der Waals surface area contributed by atoms with Gasteiger partial charge in [0.2, 0.25) is 11.8 Å². The summed E-state index contributed by atoms with van der Waals surface area (Å²) in [5.41, 5.74) is 1.74. The number of ether oxygens (including phenoxy) is 2. The highest BCUT2D eigenvalue weighted by molar-refractivity contribution is 7.98. The van der Waals surface area contributed by atoms with Crippen LogP contribution < -0.4 is 10.6 Å². The molecule has 2 rings (SSSR count). The molecule has 0 spiro atoms. The first-order valence-electron chi connectivity index (χ1n) is 17.9. The Morgan fingerprint density at radius 3 is 2.06 bits per heavy atom. The molecule has 10 heteroatoms. The number of esters is 1. The molecule has 0 heterocycles. The Bertz CT molecular complexity index is 1390. The Labute approximate surface area is 305 Å². The van der Waals surface area contributed by atoms with Crippen LogP contribution in [0.15, 0.2) is 48.5 Å². The maximum absolute atomic E-state index is 14.8. The Morgan fingerprint density at radius 2 is 1.46 bits per heavy atom. The normalized spacial score (nSPS) is 13.5. The summed E-state index contributed by atoms with van der Waals surface area (Å²) in [7, 11) is 0.